The van der Waals surface area contributed by atoms with Gasteiger partial charge in [0.25, 0.3) is 0 Å². The van der Waals surface area contributed by atoms with E-state index in [9.17, 15) is 14.0 Å². The molecule has 5 aromatic rings. The molecular weight excluding hydrogens is 455 g/mol. The van der Waals surface area contributed by atoms with E-state index in [0.29, 0.717) is 16.9 Å². The summed E-state index contributed by atoms with van der Waals surface area (Å²) in [5.41, 5.74) is 7.89. The lowest BCUT2D eigenvalue weighted by molar-refractivity contribution is -0.120. The van der Waals surface area contributed by atoms with Gasteiger partial charge >= 0.3 is 0 Å². The molecule has 7 heteroatoms. The molecular formula is C29H23FN4O2. The highest BCUT2D eigenvalue weighted by Gasteiger charge is 2.55. The summed E-state index contributed by atoms with van der Waals surface area (Å²) in [5, 5.41) is 1.88. The van der Waals surface area contributed by atoms with E-state index < -0.39 is 22.9 Å². The lowest BCUT2D eigenvalue weighted by atomic mass is 9.77. The minimum atomic E-state index is -1.67. The van der Waals surface area contributed by atoms with Crippen LogP contribution in [-0.4, -0.2) is 21.2 Å². The standard InChI is InChI=1S/C29H23FN4O2/c1-3-33-22-12-6-4-9-17(22)18-15-21(32-16-25(18)33)27(35)29(2)26-20(31)11-8-14-24(26)34(28(29)36)23-13-7-5-10-19(23)30/h4-16H,3,31H2,1-2H3/t29-/m0/s1. The predicted octanol–water partition coefficient (Wildman–Crippen LogP) is 5.75. The number of anilines is 3. The summed E-state index contributed by atoms with van der Waals surface area (Å²) in [6.07, 6.45) is 1.68. The predicted molar refractivity (Wildman–Crippen MR) is 139 cm³/mol. The summed E-state index contributed by atoms with van der Waals surface area (Å²) < 4.78 is 17.0. The van der Waals surface area contributed by atoms with E-state index in [4.69, 9.17) is 5.73 Å². The lowest BCUT2D eigenvalue weighted by Crippen LogP contribution is -2.43. The van der Waals surface area contributed by atoms with Crippen molar-refractivity contribution in [1.29, 1.82) is 0 Å². The Balaban J connectivity index is 1.56. The average molecular weight is 479 g/mol. The van der Waals surface area contributed by atoms with Crippen molar-refractivity contribution in [3.8, 4) is 0 Å². The molecule has 178 valence electrons. The number of nitrogens with two attached hydrogens (primary N) is 1. The molecule has 0 bridgehead atoms. The molecule has 3 heterocycles. The number of ketones is 1. The summed E-state index contributed by atoms with van der Waals surface area (Å²) in [7, 11) is 0. The number of aromatic nitrogens is 2. The number of rotatable bonds is 4. The number of Topliss-reactive ketones (excluding diaryl/α,β-unsaturated/α-hetero) is 1. The van der Waals surface area contributed by atoms with E-state index in [0.717, 1.165) is 28.4 Å². The zero-order chi connectivity index (χ0) is 25.2. The Morgan fingerprint density at radius 1 is 0.972 bits per heavy atom. The molecule has 6 nitrogen and oxygen atoms in total. The monoisotopic (exact) mass is 478 g/mol. The molecule has 0 aliphatic carbocycles. The lowest BCUT2D eigenvalue weighted by Gasteiger charge is -2.23. The van der Waals surface area contributed by atoms with Gasteiger partial charge in [-0.05, 0) is 50.2 Å². The topological polar surface area (TPSA) is 81.2 Å². The fourth-order valence-electron chi connectivity index (χ4n) is 5.48. The van der Waals surface area contributed by atoms with Gasteiger partial charge in [0.05, 0.1) is 23.1 Å². The molecule has 1 aliphatic rings. The SMILES string of the molecule is CCn1c2ccccc2c2cc(C(=O)[C@@]3(C)C(=O)N(c4ccccc4F)c4cccc(N)c43)ncc21. The second-order valence-corrected chi connectivity index (χ2v) is 9.14. The van der Waals surface area contributed by atoms with Crippen LogP contribution in [0, 0.1) is 5.82 Å². The highest BCUT2D eigenvalue weighted by molar-refractivity contribution is 6.29. The highest BCUT2D eigenvalue weighted by atomic mass is 19.1. The largest absolute Gasteiger partial charge is 0.398 e. The van der Waals surface area contributed by atoms with Crippen LogP contribution in [0.4, 0.5) is 21.5 Å². The number of pyridine rings is 1. The van der Waals surface area contributed by atoms with Gasteiger partial charge in [-0.2, -0.15) is 0 Å². The molecule has 0 saturated carbocycles. The number of carbonyl (C=O) groups is 2. The normalized spacial score (nSPS) is 17.2. The first-order chi connectivity index (χ1) is 17.4. The number of hydrogen-bond donors (Lipinski definition) is 1. The Hall–Kier alpha value is -4.52. The van der Waals surface area contributed by atoms with Crippen LogP contribution >= 0.6 is 0 Å². The number of benzene rings is 3. The molecule has 0 unspecified atom stereocenters. The number of hydrogen-bond acceptors (Lipinski definition) is 4. The fraction of sp³-hybridized carbons (Fsp3) is 0.138. The van der Waals surface area contributed by atoms with Gasteiger partial charge in [-0.1, -0.05) is 36.4 Å². The van der Waals surface area contributed by atoms with Crippen molar-refractivity contribution in [3.05, 3.63) is 96.1 Å². The van der Waals surface area contributed by atoms with Crippen LogP contribution in [-0.2, 0) is 16.8 Å². The maximum absolute atomic E-state index is 14.8. The summed E-state index contributed by atoms with van der Waals surface area (Å²) >= 11 is 0. The Kier molecular flexibility index (Phi) is 4.73. The van der Waals surface area contributed by atoms with E-state index >= 15 is 0 Å². The van der Waals surface area contributed by atoms with Crippen LogP contribution in [0.25, 0.3) is 21.8 Å². The minimum absolute atomic E-state index is 0.0697. The number of halogens is 1. The van der Waals surface area contributed by atoms with Gasteiger partial charge in [-0.25, -0.2) is 4.39 Å². The average Bonchev–Trinajstić information content (AvgIpc) is 3.33. The summed E-state index contributed by atoms with van der Waals surface area (Å²) in [4.78, 5) is 33.9. The number of nitrogens with zero attached hydrogens (tertiary/aromatic N) is 3. The number of amides is 1. The van der Waals surface area contributed by atoms with Crippen molar-refractivity contribution in [2.75, 3.05) is 10.6 Å². The molecule has 2 N–H and O–H groups in total. The Bertz CT molecular complexity index is 1720. The van der Waals surface area contributed by atoms with Gasteiger partial charge in [0, 0.05) is 34.1 Å². The van der Waals surface area contributed by atoms with Crippen LogP contribution < -0.4 is 10.6 Å². The number of fused-ring (bicyclic) bond motifs is 4. The molecule has 3 aromatic carbocycles. The molecule has 1 aliphatic heterocycles. The van der Waals surface area contributed by atoms with E-state index in [1.807, 2.05) is 24.3 Å². The molecule has 0 fully saturated rings. The van der Waals surface area contributed by atoms with Gasteiger partial charge in [0.15, 0.2) is 0 Å². The Labute approximate surface area is 206 Å². The highest BCUT2D eigenvalue weighted by Crippen LogP contribution is 2.50. The second kappa shape index (κ2) is 7.75. The molecule has 0 spiro atoms. The van der Waals surface area contributed by atoms with E-state index in [1.54, 1.807) is 49.5 Å². The fourth-order valence-corrected chi connectivity index (χ4v) is 5.48. The zero-order valence-electron chi connectivity index (χ0n) is 19.8. The van der Waals surface area contributed by atoms with Crippen molar-refractivity contribution in [2.24, 2.45) is 0 Å². The number of para-hydroxylation sites is 2. The van der Waals surface area contributed by atoms with Crippen molar-refractivity contribution in [1.82, 2.24) is 9.55 Å². The quantitative estimate of drug-likeness (QED) is 0.203. The third-order valence-corrected chi connectivity index (χ3v) is 7.20. The van der Waals surface area contributed by atoms with Gasteiger partial charge in [0.1, 0.15) is 16.9 Å². The maximum atomic E-state index is 14.8. The number of aryl methyl sites for hydroxylation is 1. The molecule has 36 heavy (non-hydrogen) atoms. The molecule has 6 rings (SSSR count). The Morgan fingerprint density at radius 2 is 1.69 bits per heavy atom. The number of carbonyl (C=O) groups excluding carboxylic acids is 2. The third-order valence-electron chi connectivity index (χ3n) is 7.20. The number of nitrogen functional groups attached to an aromatic ring is 1. The van der Waals surface area contributed by atoms with Gasteiger partial charge in [0.2, 0.25) is 11.7 Å². The van der Waals surface area contributed by atoms with Crippen LogP contribution in [0.1, 0.15) is 29.9 Å². The molecule has 0 radical (unpaired) electrons. The second-order valence-electron chi connectivity index (χ2n) is 9.14. The van der Waals surface area contributed by atoms with Crippen molar-refractivity contribution < 1.29 is 14.0 Å². The first kappa shape index (κ1) is 22.0. The van der Waals surface area contributed by atoms with E-state index in [-0.39, 0.29) is 11.4 Å². The zero-order valence-corrected chi connectivity index (χ0v) is 19.8. The van der Waals surface area contributed by atoms with Gasteiger partial charge < -0.3 is 10.3 Å². The molecule has 2 aromatic heterocycles. The van der Waals surface area contributed by atoms with Gasteiger partial charge in [-0.15, -0.1) is 0 Å². The smallest absolute Gasteiger partial charge is 0.250 e. The van der Waals surface area contributed by atoms with Crippen LogP contribution in [0.15, 0.2) is 79.0 Å². The van der Waals surface area contributed by atoms with Crippen LogP contribution in [0.3, 0.4) is 0 Å². The molecule has 1 atom stereocenters. The third kappa shape index (κ3) is 2.80. The van der Waals surface area contributed by atoms with Gasteiger partial charge in [-0.3, -0.25) is 19.5 Å². The summed E-state index contributed by atoms with van der Waals surface area (Å²) in [6.45, 7) is 4.35. The molecule has 1 amide bonds. The molecule has 0 saturated heterocycles. The summed E-state index contributed by atoms with van der Waals surface area (Å²) in [6, 6.07) is 20.7. The first-order valence-corrected chi connectivity index (χ1v) is 11.8. The minimum Gasteiger partial charge on any atom is -0.398 e. The van der Waals surface area contributed by atoms with E-state index in [1.165, 1.54) is 17.0 Å². The van der Waals surface area contributed by atoms with Crippen LogP contribution in [0.2, 0.25) is 0 Å². The Morgan fingerprint density at radius 3 is 2.47 bits per heavy atom. The maximum Gasteiger partial charge on any atom is 0.250 e. The van der Waals surface area contributed by atoms with Crippen molar-refractivity contribution >= 4 is 50.6 Å². The van der Waals surface area contributed by atoms with E-state index in [2.05, 4.69) is 16.5 Å². The summed E-state index contributed by atoms with van der Waals surface area (Å²) in [5.74, 6) is -1.62. The van der Waals surface area contributed by atoms with Crippen LogP contribution in [0.5, 0.6) is 0 Å². The first-order valence-electron chi connectivity index (χ1n) is 11.8. The van der Waals surface area contributed by atoms with Crippen molar-refractivity contribution in [2.45, 2.75) is 25.8 Å². The van der Waals surface area contributed by atoms with Crippen molar-refractivity contribution in [3.63, 3.8) is 0 Å².